The summed E-state index contributed by atoms with van der Waals surface area (Å²) in [7, 11) is 0. The van der Waals surface area contributed by atoms with Crippen LogP contribution < -0.4 is 0 Å². The van der Waals surface area contributed by atoms with E-state index in [0.717, 1.165) is 25.0 Å². The maximum absolute atomic E-state index is 12.5. The van der Waals surface area contributed by atoms with Crippen molar-refractivity contribution in [3.05, 3.63) is 50.5 Å². The molecule has 0 radical (unpaired) electrons. The molecule has 1 aromatic rings. The first-order chi connectivity index (χ1) is 9.45. The van der Waals surface area contributed by atoms with Crippen LogP contribution in [0.25, 0.3) is 0 Å². The number of non-ortho nitro benzene ring substituents is 1. The van der Waals surface area contributed by atoms with Gasteiger partial charge < -0.3 is 4.90 Å². The molecule has 0 unspecified atom stereocenters. The molecule has 0 spiro atoms. The fraction of sp³-hybridized carbons (Fsp3) is 0.308. The summed E-state index contributed by atoms with van der Waals surface area (Å²) in [4.78, 5) is 24.3. The van der Waals surface area contributed by atoms with Crippen molar-refractivity contribution in [2.45, 2.75) is 18.9 Å². The topological polar surface area (TPSA) is 63.5 Å². The summed E-state index contributed by atoms with van der Waals surface area (Å²) in [5.41, 5.74) is -0.197. The van der Waals surface area contributed by atoms with Crippen LogP contribution in [0.4, 0.5) is 5.69 Å². The van der Waals surface area contributed by atoms with Gasteiger partial charge in [0.1, 0.15) is 0 Å². The standard InChI is InChI=1S/C13H12Cl2N2O3/c1-2-5-16(8-3-4-8)13(18)10-6-9(17(19)20)7-11(14)12(10)15/h2,6-8H,1,3-5H2. The van der Waals surface area contributed by atoms with Gasteiger partial charge in [-0.3, -0.25) is 14.9 Å². The Morgan fingerprint density at radius 3 is 2.65 bits per heavy atom. The highest BCUT2D eigenvalue weighted by Gasteiger charge is 2.34. The Morgan fingerprint density at radius 2 is 2.15 bits per heavy atom. The molecule has 0 N–H and O–H groups in total. The summed E-state index contributed by atoms with van der Waals surface area (Å²) < 4.78 is 0. The summed E-state index contributed by atoms with van der Waals surface area (Å²) in [5.74, 6) is -0.358. The average molecular weight is 315 g/mol. The minimum atomic E-state index is -0.603. The smallest absolute Gasteiger partial charge is 0.271 e. The summed E-state index contributed by atoms with van der Waals surface area (Å²) in [6, 6.07) is 2.44. The van der Waals surface area contributed by atoms with E-state index >= 15 is 0 Å². The molecule has 1 saturated carbocycles. The van der Waals surface area contributed by atoms with Gasteiger partial charge >= 0.3 is 0 Å². The van der Waals surface area contributed by atoms with Gasteiger partial charge in [-0.1, -0.05) is 29.3 Å². The maximum Gasteiger partial charge on any atom is 0.271 e. The van der Waals surface area contributed by atoms with E-state index in [4.69, 9.17) is 23.2 Å². The zero-order chi connectivity index (χ0) is 14.9. The quantitative estimate of drug-likeness (QED) is 0.473. The Bertz CT molecular complexity index is 585. The van der Waals surface area contributed by atoms with Gasteiger partial charge in [0.25, 0.3) is 11.6 Å². The molecular formula is C13H12Cl2N2O3. The monoisotopic (exact) mass is 314 g/mol. The molecule has 1 aromatic carbocycles. The summed E-state index contributed by atoms with van der Waals surface area (Å²) >= 11 is 11.9. The number of nitrogens with zero attached hydrogens (tertiary/aromatic N) is 2. The van der Waals surface area contributed by atoms with E-state index in [-0.39, 0.29) is 33.2 Å². The fourth-order valence-electron chi connectivity index (χ4n) is 1.91. The number of benzene rings is 1. The molecular weight excluding hydrogens is 303 g/mol. The van der Waals surface area contributed by atoms with Crippen LogP contribution in [0, 0.1) is 10.1 Å². The van der Waals surface area contributed by atoms with Crippen molar-refractivity contribution in [1.82, 2.24) is 4.90 Å². The summed E-state index contributed by atoms with van der Waals surface area (Å²) in [5, 5.41) is 10.9. The molecule has 1 amide bonds. The van der Waals surface area contributed by atoms with Crippen molar-refractivity contribution >= 4 is 34.8 Å². The molecule has 0 heterocycles. The lowest BCUT2D eigenvalue weighted by Gasteiger charge is -2.21. The number of hydrogen-bond donors (Lipinski definition) is 0. The largest absolute Gasteiger partial charge is 0.332 e. The number of rotatable bonds is 5. The number of halogens is 2. The van der Waals surface area contributed by atoms with E-state index in [9.17, 15) is 14.9 Å². The molecule has 1 aliphatic carbocycles. The Labute approximate surface area is 125 Å². The van der Waals surface area contributed by atoms with E-state index in [1.165, 1.54) is 0 Å². The van der Waals surface area contributed by atoms with Gasteiger partial charge in [0.05, 0.1) is 20.5 Å². The lowest BCUT2D eigenvalue weighted by Crippen LogP contribution is -2.33. The molecule has 1 aliphatic rings. The van der Waals surface area contributed by atoms with Crippen LogP contribution in [-0.4, -0.2) is 28.3 Å². The van der Waals surface area contributed by atoms with E-state index in [0.29, 0.717) is 6.54 Å². The van der Waals surface area contributed by atoms with Crippen LogP contribution in [0.1, 0.15) is 23.2 Å². The van der Waals surface area contributed by atoms with Gasteiger partial charge in [-0.2, -0.15) is 0 Å². The van der Waals surface area contributed by atoms with Crippen LogP contribution in [0.2, 0.25) is 10.0 Å². The zero-order valence-electron chi connectivity index (χ0n) is 10.5. The first kappa shape index (κ1) is 14.8. The minimum absolute atomic E-state index is 0.00133. The number of nitro groups is 1. The van der Waals surface area contributed by atoms with Crippen molar-refractivity contribution in [2.24, 2.45) is 0 Å². The minimum Gasteiger partial charge on any atom is -0.332 e. The van der Waals surface area contributed by atoms with Crippen LogP contribution in [0.3, 0.4) is 0 Å². The van der Waals surface area contributed by atoms with Gasteiger partial charge in [-0.15, -0.1) is 6.58 Å². The number of carbonyl (C=O) groups is 1. The first-order valence-corrected chi connectivity index (χ1v) is 6.76. The van der Waals surface area contributed by atoms with Crippen LogP contribution in [0.15, 0.2) is 24.8 Å². The number of hydrogen-bond acceptors (Lipinski definition) is 3. The molecule has 0 aromatic heterocycles. The van der Waals surface area contributed by atoms with E-state index in [2.05, 4.69) is 6.58 Å². The van der Waals surface area contributed by atoms with Crippen molar-refractivity contribution in [2.75, 3.05) is 6.54 Å². The molecule has 1 fully saturated rings. The van der Waals surface area contributed by atoms with Crippen LogP contribution >= 0.6 is 23.2 Å². The first-order valence-electron chi connectivity index (χ1n) is 6.01. The lowest BCUT2D eigenvalue weighted by atomic mass is 10.1. The van der Waals surface area contributed by atoms with Crippen molar-refractivity contribution in [3.8, 4) is 0 Å². The predicted octanol–water partition coefficient (Wildman–Crippen LogP) is 3.69. The van der Waals surface area contributed by atoms with Crippen molar-refractivity contribution in [3.63, 3.8) is 0 Å². The second kappa shape index (κ2) is 5.81. The summed E-state index contributed by atoms with van der Waals surface area (Å²) in [6.45, 7) is 3.99. The molecule has 0 atom stereocenters. The predicted molar refractivity (Wildman–Crippen MR) is 77.4 cm³/mol. The highest BCUT2D eigenvalue weighted by molar-refractivity contribution is 6.44. The number of carbonyl (C=O) groups excluding carboxylic acids is 1. The highest BCUT2D eigenvalue weighted by atomic mass is 35.5. The normalized spacial score (nSPS) is 13.9. The second-order valence-corrected chi connectivity index (χ2v) is 5.31. The van der Waals surface area contributed by atoms with Gasteiger partial charge in [-0.05, 0) is 12.8 Å². The van der Waals surface area contributed by atoms with Crippen LogP contribution in [0.5, 0.6) is 0 Å². The number of amides is 1. The maximum atomic E-state index is 12.5. The highest BCUT2D eigenvalue weighted by Crippen LogP contribution is 2.34. The summed E-state index contributed by atoms with van der Waals surface area (Å²) in [6.07, 6.45) is 3.45. The third kappa shape index (κ3) is 2.94. The van der Waals surface area contributed by atoms with E-state index < -0.39 is 4.92 Å². The second-order valence-electron chi connectivity index (χ2n) is 4.52. The molecule has 2 rings (SSSR count). The zero-order valence-corrected chi connectivity index (χ0v) is 12.0. The Morgan fingerprint density at radius 1 is 1.50 bits per heavy atom. The van der Waals surface area contributed by atoms with E-state index in [1.807, 2.05) is 0 Å². The van der Waals surface area contributed by atoms with E-state index in [1.54, 1.807) is 11.0 Å². The lowest BCUT2D eigenvalue weighted by molar-refractivity contribution is -0.384. The van der Waals surface area contributed by atoms with Crippen molar-refractivity contribution < 1.29 is 9.72 Å². The van der Waals surface area contributed by atoms with Gasteiger partial charge in [0.2, 0.25) is 0 Å². The molecule has 0 bridgehead atoms. The van der Waals surface area contributed by atoms with Gasteiger partial charge in [-0.25, -0.2) is 0 Å². The molecule has 0 saturated heterocycles. The van der Waals surface area contributed by atoms with Crippen molar-refractivity contribution in [1.29, 1.82) is 0 Å². The SMILES string of the molecule is C=CCN(C(=O)c1cc([N+](=O)[O-])cc(Cl)c1Cl)C1CC1. The third-order valence-electron chi connectivity index (χ3n) is 3.03. The average Bonchev–Trinajstić information content (AvgIpc) is 3.22. The van der Waals surface area contributed by atoms with Gasteiger partial charge in [0, 0.05) is 24.7 Å². The van der Waals surface area contributed by atoms with Crippen LogP contribution in [-0.2, 0) is 0 Å². The Hall–Kier alpha value is -1.59. The third-order valence-corrected chi connectivity index (χ3v) is 3.83. The molecule has 5 nitrogen and oxygen atoms in total. The Kier molecular flexibility index (Phi) is 4.30. The molecule has 20 heavy (non-hydrogen) atoms. The number of nitro benzene ring substituents is 1. The Balaban J connectivity index is 2.41. The van der Waals surface area contributed by atoms with Gasteiger partial charge in [0.15, 0.2) is 0 Å². The fourth-order valence-corrected chi connectivity index (χ4v) is 2.32. The molecule has 7 heteroatoms. The molecule has 106 valence electrons. The molecule has 0 aliphatic heterocycles.